The summed E-state index contributed by atoms with van der Waals surface area (Å²) >= 11 is 5.91. The zero-order valence-electron chi connectivity index (χ0n) is 15.7. The quantitative estimate of drug-likeness (QED) is 0.628. The van der Waals surface area contributed by atoms with Crippen molar-refractivity contribution in [1.29, 1.82) is 0 Å². The number of furan rings is 1. The van der Waals surface area contributed by atoms with E-state index in [4.69, 9.17) is 30.2 Å². The van der Waals surface area contributed by atoms with E-state index in [0.29, 0.717) is 39.4 Å². The molecule has 1 heterocycles. The van der Waals surface area contributed by atoms with Crippen molar-refractivity contribution >= 4 is 17.5 Å². The van der Waals surface area contributed by atoms with E-state index >= 15 is 0 Å². The molecule has 0 aliphatic carbocycles. The second-order valence-corrected chi connectivity index (χ2v) is 6.30. The molecule has 0 saturated carbocycles. The van der Waals surface area contributed by atoms with E-state index in [2.05, 4.69) is 5.32 Å². The number of carbonyl (C=O) groups excluding carboxylic acids is 1. The number of methoxy groups -OCH3 is 3. The molecule has 0 unspecified atom stereocenters. The number of hydrogen-bond donors (Lipinski definition) is 1. The van der Waals surface area contributed by atoms with E-state index in [1.54, 1.807) is 24.3 Å². The van der Waals surface area contributed by atoms with Gasteiger partial charge in [0, 0.05) is 22.7 Å². The van der Waals surface area contributed by atoms with Crippen LogP contribution < -0.4 is 19.5 Å². The second kappa shape index (κ2) is 8.71. The van der Waals surface area contributed by atoms with E-state index in [-0.39, 0.29) is 12.5 Å². The molecule has 1 aromatic heterocycles. The van der Waals surface area contributed by atoms with Crippen LogP contribution in [0.4, 0.5) is 0 Å². The molecule has 2 aromatic carbocycles. The zero-order chi connectivity index (χ0) is 20.1. The van der Waals surface area contributed by atoms with Crippen LogP contribution in [0.2, 0.25) is 5.02 Å². The van der Waals surface area contributed by atoms with Crippen molar-refractivity contribution < 1.29 is 23.4 Å². The Bertz CT molecular complexity index is 965. The largest absolute Gasteiger partial charge is 0.496 e. The first-order valence-electron chi connectivity index (χ1n) is 8.48. The summed E-state index contributed by atoms with van der Waals surface area (Å²) in [6.45, 7) is 0.226. The normalized spacial score (nSPS) is 10.4. The first-order chi connectivity index (χ1) is 13.5. The summed E-state index contributed by atoms with van der Waals surface area (Å²) in [6, 6.07) is 14.2. The van der Waals surface area contributed by atoms with Gasteiger partial charge in [0.25, 0.3) is 5.91 Å². The molecule has 1 amide bonds. The summed E-state index contributed by atoms with van der Waals surface area (Å²) in [7, 11) is 4.52. The van der Waals surface area contributed by atoms with Crippen molar-refractivity contribution in [1.82, 2.24) is 5.32 Å². The highest BCUT2D eigenvalue weighted by atomic mass is 35.5. The highest BCUT2D eigenvalue weighted by Crippen LogP contribution is 2.34. The molecule has 7 heteroatoms. The lowest BCUT2D eigenvalue weighted by atomic mass is 10.1. The van der Waals surface area contributed by atoms with Gasteiger partial charge in [-0.3, -0.25) is 4.79 Å². The number of benzene rings is 2. The number of ether oxygens (including phenoxy) is 3. The average Bonchev–Trinajstić information content (AvgIpc) is 3.20. The van der Waals surface area contributed by atoms with Gasteiger partial charge in [0.15, 0.2) is 11.5 Å². The van der Waals surface area contributed by atoms with Crippen molar-refractivity contribution in [3.8, 4) is 28.6 Å². The molecule has 6 nitrogen and oxygen atoms in total. The summed E-state index contributed by atoms with van der Waals surface area (Å²) in [6.07, 6.45) is 0. The van der Waals surface area contributed by atoms with Crippen LogP contribution in [0.1, 0.15) is 16.1 Å². The maximum absolute atomic E-state index is 12.6. The monoisotopic (exact) mass is 401 g/mol. The van der Waals surface area contributed by atoms with E-state index in [1.807, 2.05) is 24.3 Å². The SMILES string of the molecule is COc1cc(OC)c(C(=O)NCc2ccc(-c3ccc(Cl)cc3)o2)cc1OC. The molecule has 0 saturated heterocycles. The molecule has 3 aromatic rings. The minimum Gasteiger partial charge on any atom is -0.496 e. The van der Waals surface area contributed by atoms with Crippen LogP contribution in [-0.4, -0.2) is 27.2 Å². The van der Waals surface area contributed by atoms with Crippen molar-refractivity contribution in [3.05, 3.63) is 64.9 Å². The van der Waals surface area contributed by atoms with Crippen LogP contribution in [0.5, 0.6) is 17.2 Å². The van der Waals surface area contributed by atoms with Crippen molar-refractivity contribution in [2.24, 2.45) is 0 Å². The zero-order valence-corrected chi connectivity index (χ0v) is 16.5. The van der Waals surface area contributed by atoms with Crippen LogP contribution in [0.25, 0.3) is 11.3 Å². The van der Waals surface area contributed by atoms with Gasteiger partial charge >= 0.3 is 0 Å². The highest BCUT2D eigenvalue weighted by molar-refractivity contribution is 6.30. The Balaban J connectivity index is 1.73. The lowest BCUT2D eigenvalue weighted by molar-refractivity contribution is 0.0944. The Labute approximate surface area is 168 Å². The van der Waals surface area contributed by atoms with E-state index in [1.165, 1.54) is 21.3 Å². The topological polar surface area (TPSA) is 69.9 Å². The average molecular weight is 402 g/mol. The number of hydrogen-bond acceptors (Lipinski definition) is 5. The van der Waals surface area contributed by atoms with Gasteiger partial charge in [-0.05, 0) is 36.4 Å². The van der Waals surface area contributed by atoms with Crippen molar-refractivity contribution in [3.63, 3.8) is 0 Å². The predicted octanol–water partition coefficient (Wildman–Crippen LogP) is 4.56. The molecule has 0 radical (unpaired) electrons. The minimum atomic E-state index is -0.317. The predicted molar refractivity (Wildman–Crippen MR) is 106 cm³/mol. The van der Waals surface area contributed by atoms with Gasteiger partial charge in [-0.2, -0.15) is 0 Å². The smallest absolute Gasteiger partial charge is 0.255 e. The van der Waals surface area contributed by atoms with Crippen LogP contribution >= 0.6 is 11.6 Å². The van der Waals surface area contributed by atoms with Crippen molar-refractivity contribution in [2.45, 2.75) is 6.54 Å². The maximum atomic E-state index is 12.6. The second-order valence-electron chi connectivity index (χ2n) is 5.86. The molecule has 0 aliphatic rings. The molecule has 0 aliphatic heterocycles. The Morgan fingerprint density at radius 3 is 2.21 bits per heavy atom. The Kier molecular flexibility index (Phi) is 6.11. The molecule has 0 fully saturated rings. The van der Waals surface area contributed by atoms with Crippen LogP contribution in [-0.2, 0) is 6.54 Å². The molecule has 146 valence electrons. The van der Waals surface area contributed by atoms with Gasteiger partial charge in [-0.25, -0.2) is 0 Å². The molecular weight excluding hydrogens is 382 g/mol. The molecule has 3 rings (SSSR count). The van der Waals surface area contributed by atoms with Gasteiger partial charge < -0.3 is 23.9 Å². The maximum Gasteiger partial charge on any atom is 0.255 e. The first kappa shape index (κ1) is 19.6. The molecule has 1 N–H and O–H groups in total. The highest BCUT2D eigenvalue weighted by Gasteiger charge is 2.18. The van der Waals surface area contributed by atoms with Gasteiger partial charge in [0.2, 0.25) is 0 Å². The van der Waals surface area contributed by atoms with E-state index in [0.717, 1.165) is 5.56 Å². The third-order valence-electron chi connectivity index (χ3n) is 4.16. The first-order valence-corrected chi connectivity index (χ1v) is 8.86. The van der Waals surface area contributed by atoms with E-state index < -0.39 is 0 Å². The fourth-order valence-corrected chi connectivity index (χ4v) is 2.84. The molecule has 28 heavy (non-hydrogen) atoms. The van der Waals surface area contributed by atoms with E-state index in [9.17, 15) is 4.79 Å². The van der Waals surface area contributed by atoms with Gasteiger partial charge in [0.1, 0.15) is 17.3 Å². The van der Waals surface area contributed by atoms with Gasteiger partial charge in [-0.15, -0.1) is 0 Å². The lowest BCUT2D eigenvalue weighted by Gasteiger charge is -2.13. The summed E-state index contributed by atoms with van der Waals surface area (Å²) < 4.78 is 21.6. The fraction of sp³-hybridized carbons (Fsp3) is 0.190. The van der Waals surface area contributed by atoms with Crippen LogP contribution in [0.15, 0.2) is 52.9 Å². The van der Waals surface area contributed by atoms with Crippen LogP contribution in [0.3, 0.4) is 0 Å². The number of carbonyl (C=O) groups is 1. The fourth-order valence-electron chi connectivity index (χ4n) is 2.71. The number of nitrogens with one attached hydrogen (secondary N) is 1. The molecular formula is C21H20ClNO5. The summed E-state index contributed by atoms with van der Waals surface area (Å²) in [5, 5.41) is 3.48. The third-order valence-corrected chi connectivity index (χ3v) is 4.42. The lowest BCUT2D eigenvalue weighted by Crippen LogP contribution is -2.23. The summed E-state index contributed by atoms with van der Waals surface area (Å²) in [5.74, 6) is 2.31. The summed E-state index contributed by atoms with van der Waals surface area (Å²) in [5.41, 5.74) is 1.24. The Hall–Kier alpha value is -3.12. The molecule has 0 spiro atoms. The number of halogens is 1. The summed E-state index contributed by atoms with van der Waals surface area (Å²) in [4.78, 5) is 12.6. The Morgan fingerprint density at radius 1 is 0.929 bits per heavy atom. The third kappa shape index (κ3) is 4.23. The van der Waals surface area contributed by atoms with Gasteiger partial charge in [-0.1, -0.05) is 11.6 Å². The standard InChI is InChI=1S/C21H20ClNO5/c1-25-18-11-20(27-3)19(26-2)10-16(18)21(24)23-12-15-8-9-17(28-15)13-4-6-14(22)7-5-13/h4-11H,12H2,1-3H3,(H,23,24). The van der Waals surface area contributed by atoms with Gasteiger partial charge in [0.05, 0.1) is 33.4 Å². The van der Waals surface area contributed by atoms with Crippen LogP contribution in [0, 0.1) is 0 Å². The molecule has 0 bridgehead atoms. The number of amides is 1. The Morgan fingerprint density at radius 2 is 1.57 bits per heavy atom. The van der Waals surface area contributed by atoms with Crippen molar-refractivity contribution in [2.75, 3.05) is 21.3 Å². The molecule has 0 atom stereocenters. The number of rotatable bonds is 7. The minimum absolute atomic E-state index is 0.226.